The molecule has 0 aromatic rings. The number of hydrogen-bond acceptors (Lipinski definition) is 0. The molecule has 0 aliphatic heterocycles. The van der Waals surface area contributed by atoms with Gasteiger partial charge in [0.2, 0.25) is 0 Å². The Morgan fingerprint density at radius 2 is 2.22 bits per heavy atom. The molecule has 1 heteroatoms. The Hall–Kier alpha value is 1.12. The maximum absolute atomic E-state index is 3.26. The van der Waals surface area contributed by atoms with Gasteiger partial charge >= 0.3 is 51.4 Å². The summed E-state index contributed by atoms with van der Waals surface area (Å²) in [7, 11) is 0. The Kier molecular flexibility index (Phi) is 5.46. The molecule has 0 atom stereocenters. The largest absolute Gasteiger partial charge is 1.00 e. The Bertz CT molecular complexity index is 132. The summed E-state index contributed by atoms with van der Waals surface area (Å²) in [5.74, 6) is 0.661. The smallest absolute Gasteiger partial charge is 0.269 e. The van der Waals surface area contributed by atoms with Crippen LogP contribution in [0.2, 0.25) is 0 Å². The van der Waals surface area contributed by atoms with E-state index in [4.69, 9.17) is 0 Å². The molecule has 0 nitrogen and oxygen atoms in total. The predicted molar refractivity (Wildman–Crippen MR) is 35.4 cm³/mol. The van der Waals surface area contributed by atoms with Crippen molar-refractivity contribution in [1.82, 2.24) is 0 Å². The molecule has 0 aromatic heterocycles. The van der Waals surface area contributed by atoms with Gasteiger partial charge in [-0.05, 0) is 0 Å². The van der Waals surface area contributed by atoms with Gasteiger partial charge in [-0.25, -0.2) is 11.6 Å². The van der Waals surface area contributed by atoms with Crippen LogP contribution in [0.5, 0.6) is 0 Å². The third-order valence-electron chi connectivity index (χ3n) is 1.34. The number of rotatable bonds is 1. The standard InChI is InChI=1S/C8H11.K/c1-7(2)8-5-3-4-6-8;/h3,5,7H,4H2,1-2H3;/q-1;+1. The minimum absolute atomic E-state index is 0. The number of allylic oxidation sites excluding steroid dienone is 4. The number of hydrogen-bond donors (Lipinski definition) is 0. The molecule has 9 heavy (non-hydrogen) atoms. The zero-order valence-corrected chi connectivity index (χ0v) is 9.56. The Labute approximate surface area is 99.8 Å². The van der Waals surface area contributed by atoms with Gasteiger partial charge in [0.05, 0.1) is 0 Å². The fraction of sp³-hybridized carbons (Fsp3) is 0.500. The van der Waals surface area contributed by atoms with Crippen LogP contribution in [0, 0.1) is 12.0 Å². The van der Waals surface area contributed by atoms with E-state index in [9.17, 15) is 0 Å². The minimum atomic E-state index is 0. The van der Waals surface area contributed by atoms with Crippen LogP contribution in [0.15, 0.2) is 17.7 Å². The van der Waals surface area contributed by atoms with Gasteiger partial charge in [-0.3, -0.25) is 6.08 Å². The molecule has 0 bridgehead atoms. The predicted octanol–water partition coefficient (Wildman–Crippen LogP) is -0.664. The van der Waals surface area contributed by atoms with E-state index in [2.05, 4.69) is 32.1 Å². The van der Waals surface area contributed by atoms with Gasteiger partial charge in [0, 0.05) is 0 Å². The fourth-order valence-corrected chi connectivity index (χ4v) is 0.818. The minimum Gasteiger partial charge on any atom is -0.269 e. The van der Waals surface area contributed by atoms with Crippen LogP contribution in [-0.4, -0.2) is 0 Å². The van der Waals surface area contributed by atoms with Crippen molar-refractivity contribution in [2.45, 2.75) is 20.3 Å². The van der Waals surface area contributed by atoms with E-state index in [0.717, 1.165) is 6.42 Å². The third-order valence-corrected chi connectivity index (χ3v) is 1.34. The molecule has 1 aliphatic carbocycles. The van der Waals surface area contributed by atoms with Gasteiger partial charge in [-0.2, -0.15) is 6.08 Å². The van der Waals surface area contributed by atoms with Crippen molar-refractivity contribution in [1.29, 1.82) is 0 Å². The normalized spacial score (nSPS) is 15.7. The van der Waals surface area contributed by atoms with Crippen LogP contribution in [-0.2, 0) is 0 Å². The van der Waals surface area contributed by atoms with E-state index in [1.165, 1.54) is 5.57 Å². The molecule has 0 aromatic carbocycles. The van der Waals surface area contributed by atoms with E-state index < -0.39 is 0 Å². The topological polar surface area (TPSA) is 0 Å². The first kappa shape index (κ1) is 10.1. The van der Waals surface area contributed by atoms with Gasteiger partial charge in [-0.1, -0.05) is 19.8 Å². The Morgan fingerprint density at radius 3 is 2.44 bits per heavy atom. The van der Waals surface area contributed by atoms with E-state index in [0.29, 0.717) is 5.92 Å². The van der Waals surface area contributed by atoms with Crippen molar-refractivity contribution >= 4 is 0 Å². The van der Waals surface area contributed by atoms with E-state index in [1.54, 1.807) is 0 Å². The molecule has 0 amide bonds. The van der Waals surface area contributed by atoms with Crippen LogP contribution in [0.1, 0.15) is 20.3 Å². The van der Waals surface area contributed by atoms with Gasteiger partial charge in [0.1, 0.15) is 0 Å². The molecule has 0 saturated heterocycles. The molecule has 1 rings (SSSR count). The van der Waals surface area contributed by atoms with E-state index in [1.807, 2.05) is 0 Å². The molecule has 0 fully saturated rings. The van der Waals surface area contributed by atoms with Gasteiger partial charge < -0.3 is 0 Å². The second kappa shape index (κ2) is 4.86. The SMILES string of the molecule is CC(C)C1=[C-]CC=C1.[K+]. The molecule has 0 radical (unpaired) electrons. The van der Waals surface area contributed by atoms with Crippen molar-refractivity contribution in [3.05, 3.63) is 23.8 Å². The molecule has 0 spiro atoms. The van der Waals surface area contributed by atoms with Crippen molar-refractivity contribution in [3.63, 3.8) is 0 Å². The fourth-order valence-electron chi connectivity index (χ4n) is 0.818. The summed E-state index contributed by atoms with van der Waals surface area (Å²) in [5, 5.41) is 0. The third kappa shape index (κ3) is 3.14. The van der Waals surface area contributed by atoms with Gasteiger partial charge in [0.15, 0.2) is 0 Å². The first-order valence-electron chi connectivity index (χ1n) is 3.08. The zero-order chi connectivity index (χ0) is 5.98. The summed E-state index contributed by atoms with van der Waals surface area (Å²) >= 11 is 0. The summed E-state index contributed by atoms with van der Waals surface area (Å²) in [6, 6.07) is 0. The molecule has 0 N–H and O–H groups in total. The van der Waals surface area contributed by atoms with Crippen LogP contribution in [0.3, 0.4) is 0 Å². The first-order chi connectivity index (χ1) is 3.80. The molecular formula is C8H11K. The maximum Gasteiger partial charge on any atom is 1.00 e. The summed E-state index contributed by atoms with van der Waals surface area (Å²) in [4.78, 5) is 0. The molecule has 0 saturated carbocycles. The summed E-state index contributed by atoms with van der Waals surface area (Å²) < 4.78 is 0. The Morgan fingerprint density at radius 1 is 1.56 bits per heavy atom. The summed E-state index contributed by atoms with van der Waals surface area (Å²) in [6.45, 7) is 4.38. The molecule has 1 aliphatic rings. The second-order valence-corrected chi connectivity index (χ2v) is 2.39. The molecule has 0 unspecified atom stereocenters. The van der Waals surface area contributed by atoms with Crippen molar-refractivity contribution < 1.29 is 51.4 Å². The molecular weight excluding hydrogens is 135 g/mol. The summed E-state index contributed by atoms with van der Waals surface area (Å²) in [6.07, 6.45) is 8.59. The molecule has 44 valence electrons. The van der Waals surface area contributed by atoms with E-state index in [-0.39, 0.29) is 51.4 Å². The van der Waals surface area contributed by atoms with Gasteiger partial charge in [0.25, 0.3) is 0 Å². The van der Waals surface area contributed by atoms with E-state index >= 15 is 0 Å². The van der Waals surface area contributed by atoms with Crippen molar-refractivity contribution in [3.8, 4) is 0 Å². The quantitative estimate of drug-likeness (QED) is 0.340. The van der Waals surface area contributed by atoms with Crippen molar-refractivity contribution in [2.24, 2.45) is 5.92 Å². The van der Waals surface area contributed by atoms with Crippen LogP contribution in [0.25, 0.3) is 0 Å². The average Bonchev–Trinajstić information content (AvgIpc) is 2.12. The zero-order valence-electron chi connectivity index (χ0n) is 6.44. The monoisotopic (exact) mass is 146 g/mol. The van der Waals surface area contributed by atoms with Crippen molar-refractivity contribution in [2.75, 3.05) is 0 Å². The van der Waals surface area contributed by atoms with Crippen LogP contribution in [0.4, 0.5) is 0 Å². The Balaban J connectivity index is 0.000000640. The molecule has 0 heterocycles. The maximum atomic E-state index is 3.26. The van der Waals surface area contributed by atoms with Gasteiger partial charge in [-0.15, -0.1) is 6.42 Å². The summed E-state index contributed by atoms with van der Waals surface area (Å²) in [5.41, 5.74) is 1.37. The second-order valence-electron chi connectivity index (χ2n) is 2.39. The van der Waals surface area contributed by atoms with Crippen LogP contribution >= 0.6 is 0 Å². The first-order valence-corrected chi connectivity index (χ1v) is 3.08. The van der Waals surface area contributed by atoms with Crippen LogP contribution < -0.4 is 51.4 Å². The average molecular weight is 146 g/mol.